The summed E-state index contributed by atoms with van der Waals surface area (Å²) < 4.78 is 0. The number of hydrogen-bond acceptors (Lipinski definition) is 1. The van der Waals surface area contributed by atoms with E-state index in [1.54, 1.807) is 11.1 Å². The number of rotatable bonds is 5. The molecule has 0 saturated heterocycles. The molecular weight excluding hydrogens is 352 g/mol. The van der Waals surface area contributed by atoms with E-state index in [-0.39, 0.29) is 6.10 Å². The van der Waals surface area contributed by atoms with E-state index in [0.29, 0.717) is 10.8 Å². The molecule has 4 aliphatic rings. The lowest BCUT2D eigenvalue weighted by Gasteiger charge is -2.55. The zero-order valence-electron chi connectivity index (χ0n) is 20.0. The lowest BCUT2D eigenvalue weighted by Crippen LogP contribution is -2.46. The molecule has 4 rings (SSSR count). The lowest BCUT2D eigenvalue weighted by molar-refractivity contribution is 0.0317. The Kier molecular flexibility index (Phi) is 5.86. The molecule has 3 saturated carbocycles. The van der Waals surface area contributed by atoms with Gasteiger partial charge in [0.2, 0.25) is 0 Å². The molecule has 0 amide bonds. The van der Waals surface area contributed by atoms with Crippen LogP contribution in [0, 0.1) is 46.3 Å². The summed E-state index contributed by atoms with van der Waals surface area (Å²) in [4.78, 5) is 0. The van der Waals surface area contributed by atoms with Crippen LogP contribution in [-0.2, 0) is 0 Å². The highest BCUT2D eigenvalue weighted by Gasteiger charge is 2.56. The van der Waals surface area contributed by atoms with Gasteiger partial charge in [0.1, 0.15) is 0 Å². The van der Waals surface area contributed by atoms with Gasteiger partial charge in [-0.05, 0) is 91.3 Å². The zero-order valence-corrected chi connectivity index (χ0v) is 20.0. The van der Waals surface area contributed by atoms with Gasteiger partial charge in [-0.2, -0.15) is 0 Å². The number of aliphatic hydroxyl groups excluding tert-OH is 1. The van der Waals surface area contributed by atoms with Crippen molar-refractivity contribution in [3.63, 3.8) is 0 Å². The van der Waals surface area contributed by atoms with E-state index in [4.69, 9.17) is 0 Å². The van der Waals surface area contributed by atoms with Gasteiger partial charge in [-0.15, -0.1) is 0 Å². The first-order valence-corrected chi connectivity index (χ1v) is 12.8. The predicted molar refractivity (Wildman–Crippen MR) is 124 cm³/mol. The molecule has 0 aromatic heterocycles. The third-order valence-corrected chi connectivity index (χ3v) is 10.5. The Morgan fingerprint density at radius 2 is 1.69 bits per heavy atom. The highest BCUT2D eigenvalue weighted by Crippen LogP contribution is 2.66. The molecule has 0 spiro atoms. The van der Waals surface area contributed by atoms with Gasteiger partial charge in [0.25, 0.3) is 0 Å². The van der Waals surface area contributed by atoms with Crippen molar-refractivity contribution in [3.05, 3.63) is 23.3 Å². The van der Waals surface area contributed by atoms with Crippen LogP contribution in [0.1, 0.15) is 99.3 Å². The van der Waals surface area contributed by atoms with Gasteiger partial charge >= 0.3 is 0 Å². The van der Waals surface area contributed by atoms with Gasteiger partial charge in [-0.25, -0.2) is 0 Å². The topological polar surface area (TPSA) is 20.2 Å². The second-order valence-corrected chi connectivity index (χ2v) is 12.3. The smallest absolute Gasteiger partial charge is 0.0578 e. The quantitative estimate of drug-likeness (QED) is 0.506. The predicted octanol–water partition coefficient (Wildman–Crippen LogP) is 7.55. The molecule has 1 nitrogen and oxygen atoms in total. The van der Waals surface area contributed by atoms with Gasteiger partial charge in [0.05, 0.1) is 6.10 Å². The van der Waals surface area contributed by atoms with Gasteiger partial charge in [-0.3, -0.25) is 0 Å². The van der Waals surface area contributed by atoms with Crippen LogP contribution in [0.2, 0.25) is 0 Å². The minimum atomic E-state index is -0.108. The van der Waals surface area contributed by atoms with Gasteiger partial charge in [0, 0.05) is 0 Å². The molecule has 3 fully saturated rings. The van der Waals surface area contributed by atoms with Crippen molar-refractivity contribution < 1.29 is 5.11 Å². The van der Waals surface area contributed by atoms with Gasteiger partial charge in [-0.1, -0.05) is 77.7 Å². The summed E-state index contributed by atoms with van der Waals surface area (Å²) in [5.41, 5.74) is 4.17. The average Bonchev–Trinajstić information content (AvgIpc) is 3.03. The highest BCUT2D eigenvalue weighted by atomic mass is 16.3. The maximum Gasteiger partial charge on any atom is 0.0578 e. The first-order valence-electron chi connectivity index (χ1n) is 12.8. The molecule has 0 aliphatic heterocycles. The fourth-order valence-corrected chi connectivity index (χ4v) is 8.02. The van der Waals surface area contributed by atoms with Crippen molar-refractivity contribution in [1.82, 2.24) is 0 Å². The van der Waals surface area contributed by atoms with Crippen LogP contribution in [-0.4, -0.2) is 11.2 Å². The monoisotopic (exact) mass is 398 g/mol. The minimum Gasteiger partial charge on any atom is -0.393 e. The maximum absolute atomic E-state index is 10.2. The van der Waals surface area contributed by atoms with Crippen LogP contribution >= 0.6 is 0 Å². The fourth-order valence-electron chi connectivity index (χ4n) is 8.02. The number of fused-ring (bicyclic) bond motifs is 5. The standard InChI is InChI=1S/C28H46O/c1-18(2)19(3)7-8-20(4)24-11-12-25-23-10-9-21-17-22(29)13-15-27(21,5)26(23)14-16-28(24,25)6/h9-10,18-20,22,24-26,29H,7-8,11-17H2,1-6H3/t19?,20?,22-,24+,25-,26-,27-,28+/m0/s1. The molecule has 1 heteroatoms. The van der Waals surface area contributed by atoms with Gasteiger partial charge in [0.15, 0.2) is 0 Å². The number of hydrogen-bond donors (Lipinski definition) is 1. The number of aliphatic hydroxyl groups is 1. The Bertz CT molecular complexity index is 672. The van der Waals surface area contributed by atoms with E-state index in [9.17, 15) is 5.11 Å². The van der Waals surface area contributed by atoms with E-state index >= 15 is 0 Å². The van der Waals surface area contributed by atoms with E-state index < -0.39 is 0 Å². The molecule has 29 heavy (non-hydrogen) atoms. The molecule has 4 aliphatic carbocycles. The lowest BCUT2D eigenvalue weighted by atomic mass is 9.50. The highest BCUT2D eigenvalue weighted by molar-refractivity contribution is 5.38. The Hall–Kier alpha value is -0.560. The Balaban J connectivity index is 1.52. The molecule has 2 unspecified atom stereocenters. The first kappa shape index (κ1) is 21.7. The molecule has 0 aromatic rings. The second-order valence-electron chi connectivity index (χ2n) is 12.3. The number of allylic oxidation sites excluding steroid dienone is 3. The fraction of sp³-hybridized carbons (Fsp3) is 0.857. The van der Waals surface area contributed by atoms with E-state index in [2.05, 4.69) is 53.7 Å². The summed E-state index contributed by atoms with van der Waals surface area (Å²) in [6, 6.07) is 0. The van der Waals surface area contributed by atoms with Crippen LogP contribution in [0.5, 0.6) is 0 Å². The molecule has 0 heterocycles. The van der Waals surface area contributed by atoms with Crippen LogP contribution in [0.15, 0.2) is 23.3 Å². The van der Waals surface area contributed by atoms with E-state index in [1.807, 2.05) is 0 Å². The van der Waals surface area contributed by atoms with Crippen LogP contribution in [0.3, 0.4) is 0 Å². The van der Waals surface area contributed by atoms with Crippen molar-refractivity contribution in [1.29, 1.82) is 0 Å². The molecule has 164 valence electrons. The van der Waals surface area contributed by atoms with Crippen LogP contribution < -0.4 is 0 Å². The minimum absolute atomic E-state index is 0.108. The Labute approximate surface area is 180 Å². The summed E-state index contributed by atoms with van der Waals surface area (Å²) in [6.07, 6.45) is 16.4. The summed E-state index contributed by atoms with van der Waals surface area (Å²) in [7, 11) is 0. The summed E-state index contributed by atoms with van der Waals surface area (Å²) >= 11 is 0. The third-order valence-electron chi connectivity index (χ3n) is 10.5. The molecule has 1 N–H and O–H groups in total. The second kappa shape index (κ2) is 7.85. The van der Waals surface area contributed by atoms with Crippen molar-refractivity contribution in [3.8, 4) is 0 Å². The average molecular weight is 399 g/mol. The molecule has 8 atom stereocenters. The molecule has 0 radical (unpaired) electrons. The van der Waals surface area contributed by atoms with Crippen molar-refractivity contribution in [2.75, 3.05) is 0 Å². The van der Waals surface area contributed by atoms with Gasteiger partial charge < -0.3 is 5.11 Å². The largest absolute Gasteiger partial charge is 0.393 e. The normalized spacial score (nSPS) is 43.7. The summed E-state index contributed by atoms with van der Waals surface area (Å²) in [5, 5.41) is 10.2. The first-order chi connectivity index (χ1) is 13.7. The van der Waals surface area contributed by atoms with E-state index in [0.717, 1.165) is 48.3 Å². The van der Waals surface area contributed by atoms with Crippen molar-refractivity contribution in [2.24, 2.45) is 46.3 Å². The maximum atomic E-state index is 10.2. The summed E-state index contributed by atoms with van der Waals surface area (Å²) in [6.45, 7) is 14.9. The third kappa shape index (κ3) is 3.58. The molecule has 0 aromatic carbocycles. The van der Waals surface area contributed by atoms with Crippen molar-refractivity contribution in [2.45, 2.75) is 105 Å². The Morgan fingerprint density at radius 1 is 0.931 bits per heavy atom. The van der Waals surface area contributed by atoms with Crippen molar-refractivity contribution >= 4 is 0 Å². The summed E-state index contributed by atoms with van der Waals surface area (Å²) in [5.74, 6) is 4.97. The zero-order chi connectivity index (χ0) is 21.0. The SMILES string of the molecule is CC(C)C(C)CCC(C)[C@H]1CC[C@H]2C3=CC=C4C[C@@H](O)CC[C@]4(C)[C@H]3CC[C@]12C. The Morgan fingerprint density at radius 3 is 2.41 bits per heavy atom. The van der Waals surface area contributed by atoms with Crippen LogP contribution in [0.4, 0.5) is 0 Å². The molecule has 0 bridgehead atoms. The molecular formula is C28H46O. The van der Waals surface area contributed by atoms with Crippen LogP contribution in [0.25, 0.3) is 0 Å². The van der Waals surface area contributed by atoms with E-state index in [1.165, 1.54) is 44.9 Å².